The average molecular weight is 291 g/mol. The topological polar surface area (TPSA) is 69.4 Å². The normalized spacial score (nSPS) is 12.2. The van der Waals surface area contributed by atoms with Crippen LogP contribution in [-0.4, -0.2) is 31.0 Å². The zero-order valence-electron chi connectivity index (χ0n) is 12.8. The van der Waals surface area contributed by atoms with Gasteiger partial charge in [-0.15, -0.1) is 10.2 Å². The van der Waals surface area contributed by atoms with E-state index in [0.29, 0.717) is 23.3 Å². The molecule has 0 saturated heterocycles. The second-order valence-electron chi connectivity index (χ2n) is 4.69. The van der Waals surface area contributed by atoms with E-state index in [0.717, 1.165) is 18.5 Å². The maximum Gasteiger partial charge on any atom is 0.251 e. The van der Waals surface area contributed by atoms with E-state index in [2.05, 4.69) is 22.4 Å². The molecule has 0 saturated carbocycles. The first kappa shape index (κ1) is 15.3. The van der Waals surface area contributed by atoms with E-state index in [4.69, 9.17) is 13.9 Å². The summed E-state index contributed by atoms with van der Waals surface area (Å²) in [5.74, 6) is 2.36. The lowest BCUT2D eigenvalue weighted by molar-refractivity contribution is 0.392. The largest absolute Gasteiger partial charge is 0.497 e. The van der Waals surface area contributed by atoms with Crippen LogP contribution in [0.25, 0.3) is 11.5 Å². The van der Waals surface area contributed by atoms with E-state index in [1.807, 2.05) is 19.1 Å². The zero-order chi connectivity index (χ0) is 15.2. The van der Waals surface area contributed by atoms with Crippen LogP contribution < -0.4 is 14.8 Å². The van der Waals surface area contributed by atoms with Gasteiger partial charge in [-0.25, -0.2) is 0 Å². The number of hydrogen-bond donors (Lipinski definition) is 1. The summed E-state index contributed by atoms with van der Waals surface area (Å²) >= 11 is 0. The van der Waals surface area contributed by atoms with Gasteiger partial charge in [-0.3, -0.25) is 0 Å². The highest BCUT2D eigenvalue weighted by atomic mass is 16.5. The first-order valence-corrected chi connectivity index (χ1v) is 6.98. The molecule has 0 spiro atoms. The molecule has 0 fully saturated rings. The third-order valence-electron chi connectivity index (χ3n) is 3.15. The first-order valence-electron chi connectivity index (χ1n) is 6.98. The number of benzene rings is 1. The van der Waals surface area contributed by atoms with E-state index in [1.54, 1.807) is 20.3 Å². The van der Waals surface area contributed by atoms with Crippen molar-refractivity contribution in [1.82, 2.24) is 15.5 Å². The summed E-state index contributed by atoms with van der Waals surface area (Å²) in [5, 5.41) is 11.5. The summed E-state index contributed by atoms with van der Waals surface area (Å²) in [6.07, 6.45) is 1.05. The Bertz CT molecular complexity index is 583. The maximum atomic E-state index is 5.74. The molecule has 0 bridgehead atoms. The fraction of sp³-hybridized carbons (Fsp3) is 0.467. The molecule has 0 aliphatic carbocycles. The molecule has 0 aliphatic rings. The van der Waals surface area contributed by atoms with Crippen LogP contribution in [0.1, 0.15) is 32.2 Å². The summed E-state index contributed by atoms with van der Waals surface area (Å²) in [6, 6.07) is 5.49. The van der Waals surface area contributed by atoms with Crippen molar-refractivity contribution in [3.63, 3.8) is 0 Å². The Morgan fingerprint density at radius 3 is 2.71 bits per heavy atom. The highest BCUT2D eigenvalue weighted by molar-refractivity contribution is 5.64. The van der Waals surface area contributed by atoms with Crippen LogP contribution in [0.4, 0.5) is 0 Å². The fourth-order valence-electron chi connectivity index (χ4n) is 1.94. The lowest BCUT2D eigenvalue weighted by atomic mass is 10.2. The van der Waals surface area contributed by atoms with E-state index >= 15 is 0 Å². The van der Waals surface area contributed by atoms with E-state index < -0.39 is 0 Å². The highest BCUT2D eigenvalue weighted by Gasteiger charge is 2.17. The lowest BCUT2D eigenvalue weighted by Crippen LogP contribution is -2.19. The molecule has 2 aromatic rings. The van der Waals surface area contributed by atoms with E-state index in [-0.39, 0.29) is 6.04 Å². The van der Waals surface area contributed by atoms with Gasteiger partial charge in [0.1, 0.15) is 11.5 Å². The summed E-state index contributed by atoms with van der Waals surface area (Å²) < 4.78 is 16.3. The molecule has 1 aromatic heterocycles. The maximum absolute atomic E-state index is 5.74. The Balaban J connectivity index is 2.24. The second-order valence-corrected chi connectivity index (χ2v) is 4.69. The van der Waals surface area contributed by atoms with Gasteiger partial charge in [-0.1, -0.05) is 6.92 Å². The number of nitrogens with zero attached hydrogens (tertiary/aromatic N) is 2. The van der Waals surface area contributed by atoms with Crippen LogP contribution in [0.5, 0.6) is 11.5 Å². The zero-order valence-corrected chi connectivity index (χ0v) is 12.8. The van der Waals surface area contributed by atoms with Crippen LogP contribution in [0.2, 0.25) is 0 Å². The molecule has 1 unspecified atom stereocenters. The lowest BCUT2D eigenvalue weighted by Gasteiger charge is -2.08. The molecule has 0 aliphatic heterocycles. The van der Waals surface area contributed by atoms with E-state index in [9.17, 15) is 0 Å². The van der Waals surface area contributed by atoms with Crippen molar-refractivity contribution in [3.05, 3.63) is 24.1 Å². The van der Waals surface area contributed by atoms with Crippen molar-refractivity contribution in [2.45, 2.75) is 26.3 Å². The van der Waals surface area contributed by atoms with Crippen molar-refractivity contribution in [3.8, 4) is 23.0 Å². The quantitative estimate of drug-likeness (QED) is 0.846. The minimum absolute atomic E-state index is 0.0236. The summed E-state index contributed by atoms with van der Waals surface area (Å²) in [5.41, 5.74) is 0.750. The molecule has 1 aromatic carbocycles. The predicted octanol–water partition coefficient (Wildman–Crippen LogP) is 2.81. The van der Waals surface area contributed by atoms with Crippen molar-refractivity contribution in [2.75, 3.05) is 20.8 Å². The number of rotatable bonds is 7. The van der Waals surface area contributed by atoms with Crippen LogP contribution in [0.3, 0.4) is 0 Å². The standard InChI is InChI=1S/C15H21N3O3/c1-5-8-16-10(2)14-17-18-15(21-14)12-7-6-11(19-3)9-13(12)20-4/h6-7,9-10,16H,5,8H2,1-4H3. The Hall–Kier alpha value is -2.08. The molecule has 0 amide bonds. The fourth-order valence-corrected chi connectivity index (χ4v) is 1.94. The summed E-state index contributed by atoms with van der Waals surface area (Å²) in [6.45, 7) is 5.02. The molecule has 0 radical (unpaired) electrons. The Labute approximate surface area is 124 Å². The van der Waals surface area contributed by atoms with Crippen molar-refractivity contribution < 1.29 is 13.9 Å². The molecule has 114 valence electrons. The van der Waals surface area contributed by atoms with Gasteiger partial charge in [0.2, 0.25) is 5.89 Å². The van der Waals surface area contributed by atoms with Gasteiger partial charge in [0.25, 0.3) is 5.89 Å². The Kier molecular flexibility index (Phi) is 5.16. The van der Waals surface area contributed by atoms with Gasteiger partial charge in [-0.2, -0.15) is 0 Å². The SMILES string of the molecule is CCCNC(C)c1nnc(-c2ccc(OC)cc2OC)o1. The van der Waals surface area contributed by atoms with Gasteiger partial charge in [-0.05, 0) is 32.0 Å². The van der Waals surface area contributed by atoms with Crippen LogP contribution in [0, 0.1) is 0 Å². The summed E-state index contributed by atoms with van der Waals surface area (Å²) in [4.78, 5) is 0. The van der Waals surface area contributed by atoms with Gasteiger partial charge in [0, 0.05) is 6.07 Å². The third kappa shape index (κ3) is 3.52. The average Bonchev–Trinajstić information content (AvgIpc) is 3.01. The highest BCUT2D eigenvalue weighted by Crippen LogP contribution is 2.32. The van der Waals surface area contributed by atoms with Gasteiger partial charge in [0.15, 0.2) is 0 Å². The number of hydrogen-bond acceptors (Lipinski definition) is 6. The predicted molar refractivity (Wildman–Crippen MR) is 79.5 cm³/mol. The molecule has 1 N–H and O–H groups in total. The minimum Gasteiger partial charge on any atom is -0.497 e. The van der Waals surface area contributed by atoms with Gasteiger partial charge < -0.3 is 19.2 Å². The molecule has 6 nitrogen and oxygen atoms in total. The Morgan fingerprint density at radius 2 is 2.05 bits per heavy atom. The number of ether oxygens (including phenoxy) is 2. The van der Waals surface area contributed by atoms with Crippen molar-refractivity contribution >= 4 is 0 Å². The van der Waals surface area contributed by atoms with Gasteiger partial charge >= 0.3 is 0 Å². The molecular formula is C15H21N3O3. The monoisotopic (exact) mass is 291 g/mol. The van der Waals surface area contributed by atoms with E-state index in [1.165, 1.54) is 0 Å². The number of aromatic nitrogens is 2. The molecule has 1 atom stereocenters. The van der Waals surface area contributed by atoms with Crippen molar-refractivity contribution in [1.29, 1.82) is 0 Å². The molecule has 21 heavy (non-hydrogen) atoms. The Morgan fingerprint density at radius 1 is 1.24 bits per heavy atom. The molecule has 1 heterocycles. The van der Waals surface area contributed by atoms with Crippen LogP contribution in [0.15, 0.2) is 22.6 Å². The minimum atomic E-state index is 0.0236. The second kappa shape index (κ2) is 7.08. The van der Waals surface area contributed by atoms with Crippen molar-refractivity contribution in [2.24, 2.45) is 0 Å². The number of methoxy groups -OCH3 is 2. The molecule has 6 heteroatoms. The third-order valence-corrected chi connectivity index (χ3v) is 3.15. The molecular weight excluding hydrogens is 270 g/mol. The first-order chi connectivity index (χ1) is 10.2. The van der Waals surface area contributed by atoms with Gasteiger partial charge in [0.05, 0.1) is 25.8 Å². The number of nitrogens with one attached hydrogen (secondary N) is 1. The van der Waals surface area contributed by atoms with Crippen LogP contribution >= 0.6 is 0 Å². The summed E-state index contributed by atoms with van der Waals surface area (Å²) in [7, 11) is 3.21. The van der Waals surface area contributed by atoms with Crippen LogP contribution in [-0.2, 0) is 0 Å². The molecule has 2 rings (SSSR count). The smallest absolute Gasteiger partial charge is 0.251 e.